The van der Waals surface area contributed by atoms with E-state index in [0.29, 0.717) is 5.56 Å². The summed E-state index contributed by atoms with van der Waals surface area (Å²) < 4.78 is 0. The lowest BCUT2D eigenvalue weighted by Crippen LogP contribution is -2.30. The van der Waals surface area contributed by atoms with Crippen LogP contribution < -0.4 is 0 Å². The minimum atomic E-state index is -0.694. The van der Waals surface area contributed by atoms with Crippen molar-refractivity contribution in [2.45, 2.75) is 25.9 Å². The minimum Gasteiger partial charge on any atom is -0.508 e. The molecule has 0 radical (unpaired) electrons. The molecule has 0 spiro atoms. The Morgan fingerprint density at radius 2 is 1.92 bits per heavy atom. The number of aliphatic hydroxyl groups excluding tert-OH is 1. The van der Waals surface area contributed by atoms with E-state index in [1.807, 2.05) is 6.07 Å². The van der Waals surface area contributed by atoms with Crippen molar-refractivity contribution in [2.24, 2.45) is 0 Å². The number of carbonyl (C=O) groups is 2. The zero-order valence-corrected chi connectivity index (χ0v) is 13.7. The number of hydrogen-bond acceptors (Lipinski definition) is 5. The Hall–Kier alpha value is -3.15. The third-order valence-corrected chi connectivity index (χ3v) is 4.21. The first-order chi connectivity index (χ1) is 12.0. The summed E-state index contributed by atoms with van der Waals surface area (Å²) in [7, 11) is 0. The summed E-state index contributed by atoms with van der Waals surface area (Å²) in [6.45, 7) is 1.90. The van der Waals surface area contributed by atoms with Gasteiger partial charge in [0, 0.05) is 25.4 Å². The number of pyridine rings is 1. The van der Waals surface area contributed by atoms with E-state index in [2.05, 4.69) is 4.98 Å². The fraction of sp³-hybridized carbons (Fsp3) is 0.211. The van der Waals surface area contributed by atoms with Gasteiger partial charge < -0.3 is 15.1 Å². The first kappa shape index (κ1) is 16.7. The third kappa shape index (κ3) is 3.10. The Kier molecular flexibility index (Phi) is 4.52. The van der Waals surface area contributed by atoms with Crippen molar-refractivity contribution in [1.29, 1.82) is 0 Å². The third-order valence-electron chi connectivity index (χ3n) is 4.21. The number of ketones is 1. The number of Topliss-reactive ketones (excluding diaryl/α,β-unsaturated/α-hetero) is 1. The molecule has 6 heteroatoms. The van der Waals surface area contributed by atoms with Crippen molar-refractivity contribution < 1.29 is 19.8 Å². The summed E-state index contributed by atoms with van der Waals surface area (Å²) >= 11 is 0. The van der Waals surface area contributed by atoms with Crippen molar-refractivity contribution in [1.82, 2.24) is 9.88 Å². The molecule has 2 N–H and O–H groups in total. The number of rotatable bonds is 5. The van der Waals surface area contributed by atoms with Gasteiger partial charge in [0.1, 0.15) is 5.75 Å². The van der Waals surface area contributed by atoms with Crippen LogP contribution in [-0.2, 0) is 16.1 Å². The molecule has 1 aliphatic heterocycles. The highest BCUT2D eigenvalue weighted by atomic mass is 16.3. The highest BCUT2D eigenvalue weighted by Crippen LogP contribution is 2.39. The van der Waals surface area contributed by atoms with Gasteiger partial charge in [-0.3, -0.25) is 14.6 Å². The second-order valence-corrected chi connectivity index (χ2v) is 5.83. The zero-order valence-electron chi connectivity index (χ0n) is 13.7. The second kappa shape index (κ2) is 6.76. The van der Waals surface area contributed by atoms with Crippen LogP contribution in [0.1, 0.15) is 30.5 Å². The lowest BCUT2D eigenvalue weighted by molar-refractivity contribution is -0.130. The van der Waals surface area contributed by atoms with Crippen LogP contribution in [0.5, 0.6) is 5.75 Å². The molecule has 3 rings (SSSR count). The van der Waals surface area contributed by atoms with Crippen LogP contribution in [0.25, 0.3) is 0 Å². The van der Waals surface area contributed by atoms with Crippen LogP contribution in [0.3, 0.4) is 0 Å². The number of phenolic OH excluding ortho intramolecular Hbond substituents is 1. The molecule has 1 amide bonds. The van der Waals surface area contributed by atoms with E-state index in [9.17, 15) is 19.8 Å². The first-order valence-electron chi connectivity index (χ1n) is 7.98. The number of aliphatic hydroxyl groups is 1. The minimum absolute atomic E-state index is 0.0865. The number of benzene rings is 1. The number of carbonyl (C=O) groups excluding carboxylic acids is 2. The van der Waals surface area contributed by atoms with Gasteiger partial charge in [0.05, 0.1) is 11.6 Å². The number of phenols is 1. The van der Waals surface area contributed by atoms with Crippen LogP contribution >= 0.6 is 0 Å². The van der Waals surface area contributed by atoms with E-state index >= 15 is 0 Å². The van der Waals surface area contributed by atoms with Crippen molar-refractivity contribution in [3.63, 3.8) is 0 Å². The maximum atomic E-state index is 12.6. The predicted octanol–water partition coefficient (Wildman–Crippen LogP) is 2.66. The molecule has 0 saturated carbocycles. The highest BCUT2D eigenvalue weighted by Gasteiger charge is 2.42. The van der Waals surface area contributed by atoms with E-state index in [4.69, 9.17) is 0 Å². The van der Waals surface area contributed by atoms with Crippen molar-refractivity contribution in [3.05, 3.63) is 71.3 Å². The molecule has 1 atom stereocenters. The number of amides is 1. The molecule has 1 aliphatic rings. The monoisotopic (exact) mass is 338 g/mol. The Labute approximate surface area is 145 Å². The molecule has 0 fully saturated rings. The van der Waals surface area contributed by atoms with E-state index in [-0.39, 0.29) is 30.1 Å². The summed E-state index contributed by atoms with van der Waals surface area (Å²) in [5.74, 6) is -1.28. The van der Waals surface area contributed by atoms with Crippen molar-refractivity contribution in [3.8, 4) is 5.75 Å². The normalized spacial score (nSPS) is 17.2. The molecule has 2 aromatic rings. The summed E-state index contributed by atoms with van der Waals surface area (Å²) in [6.07, 6.45) is 3.45. The molecule has 1 unspecified atom stereocenters. The Bertz CT molecular complexity index is 828. The van der Waals surface area contributed by atoms with Crippen LogP contribution in [0.15, 0.2) is 60.1 Å². The predicted molar refractivity (Wildman–Crippen MR) is 90.6 cm³/mol. The van der Waals surface area contributed by atoms with Gasteiger partial charge >= 0.3 is 0 Å². The van der Waals surface area contributed by atoms with E-state index in [1.165, 1.54) is 17.0 Å². The maximum absolute atomic E-state index is 12.6. The molecule has 6 nitrogen and oxygen atoms in total. The Morgan fingerprint density at radius 1 is 1.20 bits per heavy atom. The highest BCUT2D eigenvalue weighted by molar-refractivity contribution is 6.08. The summed E-state index contributed by atoms with van der Waals surface area (Å²) in [5.41, 5.74) is 1.54. The van der Waals surface area contributed by atoms with E-state index < -0.39 is 17.7 Å². The average Bonchev–Trinajstić information content (AvgIpc) is 2.87. The van der Waals surface area contributed by atoms with Gasteiger partial charge in [0.25, 0.3) is 5.91 Å². The standard InChI is InChI=1S/C19H18N2O4/c1-2-15(23)16-17(13-5-7-14(22)8-6-13)21(19(25)18(16)24)11-12-4-3-9-20-10-12/h3-10,17,22,24H,2,11H2,1H3. The SMILES string of the molecule is CCC(=O)C1=C(O)C(=O)N(Cc2cccnc2)C1c1ccc(O)cc1. The van der Waals surface area contributed by atoms with Gasteiger partial charge in [-0.25, -0.2) is 0 Å². The van der Waals surface area contributed by atoms with Crippen LogP contribution in [0.2, 0.25) is 0 Å². The molecule has 0 aliphatic carbocycles. The topological polar surface area (TPSA) is 90.7 Å². The molecular weight excluding hydrogens is 320 g/mol. The van der Waals surface area contributed by atoms with Crippen LogP contribution in [0, 0.1) is 0 Å². The van der Waals surface area contributed by atoms with E-state index in [0.717, 1.165) is 5.56 Å². The van der Waals surface area contributed by atoms with Gasteiger partial charge in [-0.05, 0) is 29.3 Å². The number of hydrogen-bond donors (Lipinski definition) is 2. The molecule has 128 valence electrons. The molecule has 0 bridgehead atoms. The Balaban J connectivity index is 2.05. The summed E-state index contributed by atoms with van der Waals surface area (Å²) in [5, 5.41) is 19.8. The lowest BCUT2D eigenvalue weighted by atomic mass is 9.95. The van der Waals surface area contributed by atoms with E-state index in [1.54, 1.807) is 37.5 Å². The van der Waals surface area contributed by atoms with Gasteiger partial charge in [-0.2, -0.15) is 0 Å². The second-order valence-electron chi connectivity index (χ2n) is 5.83. The van der Waals surface area contributed by atoms with Gasteiger partial charge in [0.15, 0.2) is 11.5 Å². The van der Waals surface area contributed by atoms with Gasteiger partial charge in [-0.15, -0.1) is 0 Å². The first-order valence-corrected chi connectivity index (χ1v) is 7.98. The lowest BCUT2D eigenvalue weighted by Gasteiger charge is -2.26. The van der Waals surface area contributed by atoms with Gasteiger partial charge in [0.2, 0.25) is 0 Å². The van der Waals surface area contributed by atoms with Crippen molar-refractivity contribution >= 4 is 11.7 Å². The van der Waals surface area contributed by atoms with Crippen LogP contribution in [-0.4, -0.2) is 31.8 Å². The zero-order chi connectivity index (χ0) is 18.0. The quantitative estimate of drug-likeness (QED) is 0.874. The number of aromatic nitrogens is 1. The van der Waals surface area contributed by atoms with Crippen molar-refractivity contribution in [2.75, 3.05) is 0 Å². The smallest absolute Gasteiger partial charge is 0.290 e. The molecule has 1 aromatic carbocycles. The molecular formula is C19H18N2O4. The number of aromatic hydroxyl groups is 1. The maximum Gasteiger partial charge on any atom is 0.290 e. The fourth-order valence-electron chi connectivity index (χ4n) is 2.98. The number of nitrogens with zero attached hydrogens (tertiary/aromatic N) is 2. The summed E-state index contributed by atoms with van der Waals surface area (Å²) in [6, 6.07) is 9.16. The van der Waals surface area contributed by atoms with Crippen LogP contribution in [0.4, 0.5) is 0 Å². The molecule has 0 saturated heterocycles. The Morgan fingerprint density at radius 3 is 2.52 bits per heavy atom. The average molecular weight is 338 g/mol. The molecule has 25 heavy (non-hydrogen) atoms. The largest absolute Gasteiger partial charge is 0.508 e. The fourth-order valence-corrected chi connectivity index (χ4v) is 2.98. The summed E-state index contributed by atoms with van der Waals surface area (Å²) in [4.78, 5) is 30.4. The molecule has 2 heterocycles. The van der Waals surface area contributed by atoms with Gasteiger partial charge in [-0.1, -0.05) is 25.1 Å². The molecule has 1 aromatic heterocycles.